The number of benzene rings is 2. The first-order valence-electron chi connectivity index (χ1n) is 9.98. The quantitative estimate of drug-likeness (QED) is 0.380. The van der Waals surface area contributed by atoms with E-state index in [1.165, 1.54) is 0 Å². The second-order valence-electron chi connectivity index (χ2n) is 7.55. The van der Waals surface area contributed by atoms with E-state index in [0.717, 1.165) is 32.2 Å². The van der Waals surface area contributed by atoms with Gasteiger partial charge in [-0.05, 0) is 31.0 Å². The van der Waals surface area contributed by atoms with Gasteiger partial charge in [-0.1, -0.05) is 44.2 Å². The molecule has 7 heteroatoms. The Bertz CT molecular complexity index is 1140. The van der Waals surface area contributed by atoms with Crippen molar-refractivity contribution in [2.75, 3.05) is 17.2 Å². The van der Waals surface area contributed by atoms with Crippen LogP contribution in [0.2, 0.25) is 0 Å². The van der Waals surface area contributed by atoms with E-state index < -0.39 is 0 Å². The second kappa shape index (κ2) is 8.77. The number of hydrogen-bond acceptors (Lipinski definition) is 7. The summed E-state index contributed by atoms with van der Waals surface area (Å²) in [5.41, 5.74) is 3.70. The summed E-state index contributed by atoms with van der Waals surface area (Å²) in [7, 11) is 0. The highest BCUT2D eigenvalue weighted by molar-refractivity contribution is 7.18. The minimum absolute atomic E-state index is 0.0131. The Morgan fingerprint density at radius 3 is 2.53 bits per heavy atom. The lowest BCUT2D eigenvalue weighted by Gasteiger charge is -2.20. The van der Waals surface area contributed by atoms with E-state index in [2.05, 4.69) is 45.5 Å². The molecule has 0 spiro atoms. The lowest BCUT2D eigenvalue weighted by molar-refractivity contribution is 0.248. The maximum Gasteiger partial charge on any atom is 0.225 e. The van der Waals surface area contributed by atoms with E-state index in [4.69, 9.17) is 0 Å². The van der Waals surface area contributed by atoms with Gasteiger partial charge in [0.2, 0.25) is 5.95 Å². The van der Waals surface area contributed by atoms with Crippen LogP contribution in [0.4, 0.5) is 17.5 Å². The number of anilines is 3. The van der Waals surface area contributed by atoms with Gasteiger partial charge in [0.05, 0.1) is 33.6 Å². The first-order valence-corrected chi connectivity index (χ1v) is 10.8. The van der Waals surface area contributed by atoms with E-state index in [-0.39, 0.29) is 18.6 Å². The molecule has 0 unspecified atom stereocenters. The van der Waals surface area contributed by atoms with Crippen LogP contribution in [0.15, 0.2) is 54.6 Å². The van der Waals surface area contributed by atoms with Gasteiger partial charge in [-0.15, -0.1) is 11.3 Å². The van der Waals surface area contributed by atoms with Crippen LogP contribution >= 0.6 is 11.3 Å². The van der Waals surface area contributed by atoms with E-state index >= 15 is 0 Å². The summed E-state index contributed by atoms with van der Waals surface area (Å²) in [6.07, 6.45) is 0. The predicted molar refractivity (Wildman–Crippen MR) is 124 cm³/mol. The maximum atomic E-state index is 9.71. The number of thiazole rings is 1. The molecule has 0 amide bonds. The van der Waals surface area contributed by atoms with Crippen molar-refractivity contribution in [1.82, 2.24) is 15.0 Å². The smallest absolute Gasteiger partial charge is 0.225 e. The Balaban J connectivity index is 1.70. The normalized spacial score (nSPS) is 12.3. The molecule has 0 fully saturated rings. The van der Waals surface area contributed by atoms with Gasteiger partial charge in [0, 0.05) is 17.3 Å². The highest BCUT2D eigenvalue weighted by Crippen LogP contribution is 2.28. The summed E-state index contributed by atoms with van der Waals surface area (Å²) in [6, 6.07) is 17.9. The monoisotopic (exact) mass is 419 g/mol. The van der Waals surface area contributed by atoms with Gasteiger partial charge < -0.3 is 15.7 Å². The van der Waals surface area contributed by atoms with Crippen LogP contribution in [0, 0.1) is 12.8 Å². The van der Waals surface area contributed by atoms with Crippen molar-refractivity contribution < 1.29 is 5.11 Å². The Hall–Kier alpha value is -3.03. The molecule has 30 heavy (non-hydrogen) atoms. The first-order chi connectivity index (χ1) is 14.5. The molecule has 0 saturated heterocycles. The summed E-state index contributed by atoms with van der Waals surface area (Å²) < 4.78 is 1.16. The Morgan fingerprint density at radius 2 is 1.80 bits per heavy atom. The summed E-state index contributed by atoms with van der Waals surface area (Å²) in [5.74, 6) is 1.40. The molecule has 0 saturated carbocycles. The number of aromatic nitrogens is 3. The molecule has 2 aromatic carbocycles. The molecule has 4 aromatic rings. The zero-order valence-corrected chi connectivity index (χ0v) is 18.1. The van der Waals surface area contributed by atoms with Crippen LogP contribution in [0.1, 0.15) is 18.9 Å². The molecule has 0 aliphatic heterocycles. The molecule has 154 valence electrons. The number of aryl methyl sites for hydroxylation is 1. The summed E-state index contributed by atoms with van der Waals surface area (Å²) in [6.45, 7) is 6.14. The Labute approximate surface area is 180 Å². The molecule has 0 aliphatic rings. The molecular weight excluding hydrogens is 394 g/mol. The molecule has 0 bridgehead atoms. The number of rotatable bonds is 7. The minimum atomic E-state index is -0.127. The van der Waals surface area contributed by atoms with E-state index in [1.54, 1.807) is 11.3 Å². The van der Waals surface area contributed by atoms with Gasteiger partial charge in [0.25, 0.3) is 0 Å². The molecule has 0 radical (unpaired) electrons. The van der Waals surface area contributed by atoms with Crippen LogP contribution in [0.3, 0.4) is 0 Å². The van der Waals surface area contributed by atoms with Crippen molar-refractivity contribution in [1.29, 1.82) is 0 Å². The highest BCUT2D eigenvalue weighted by atomic mass is 32.1. The average Bonchev–Trinajstić information content (AvgIpc) is 3.11. The molecule has 6 nitrogen and oxygen atoms in total. The van der Waals surface area contributed by atoms with Gasteiger partial charge in [0.1, 0.15) is 5.82 Å². The van der Waals surface area contributed by atoms with Gasteiger partial charge in [0.15, 0.2) is 0 Å². The molecule has 0 aliphatic carbocycles. The van der Waals surface area contributed by atoms with Gasteiger partial charge in [-0.2, -0.15) is 4.98 Å². The number of nitrogens with zero attached hydrogens (tertiary/aromatic N) is 3. The second-order valence-corrected chi connectivity index (χ2v) is 8.78. The van der Waals surface area contributed by atoms with Crippen molar-refractivity contribution in [2.24, 2.45) is 5.92 Å². The molecule has 3 N–H and O–H groups in total. The summed E-state index contributed by atoms with van der Waals surface area (Å²) >= 11 is 1.68. The van der Waals surface area contributed by atoms with Crippen LogP contribution in [0.25, 0.3) is 21.5 Å². The average molecular weight is 420 g/mol. The molecule has 2 heterocycles. The number of fused-ring (bicyclic) bond motifs is 1. The molecule has 2 aromatic heterocycles. The van der Waals surface area contributed by atoms with Gasteiger partial charge in [-0.25, -0.2) is 9.97 Å². The summed E-state index contributed by atoms with van der Waals surface area (Å²) in [5, 5.41) is 17.4. The third-order valence-electron chi connectivity index (χ3n) is 4.88. The van der Waals surface area contributed by atoms with Gasteiger partial charge in [-0.3, -0.25) is 0 Å². The van der Waals surface area contributed by atoms with Crippen LogP contribution in [-0.4, -0.2) is 32.7 Å². The fraction of sp³-hybridized carbons (Fsp3) is 0.261. The highest BCUT2D eigenvalue weighted by Gasteiger charge is 2.15. The lowest BCUT2D eigenvalue weighted by atomic mass is 10.1. The third kappa shape index (κ3) is 4.58. The number of aliphatic hydroxyl groups is 1. The lowest BCUT2D eigenvalue weighted by Crippen LogP contribution is -2.30. The van der Waals surface area contributed by atoms with Crippen molar-refractivity contribution in [2.45, 2.75) is 26.8 Å². The maximum absolute atomic E-state index is 9.71. The third-order valence-corrected chi connectivity index (χ3v) is 5.83. The first kappa shape index (κ1) is 20.3. The zero-order chi connectivity index (χ0) is 21.1. The zero-order valence-electron chi connectivity index (χ0n) is 17.3. The van der Waals surface area contributed by atoms with Crippen LogP contribution in [-0.2, 0) is 0 Å². The Kier molecular flexibility index (Phi) is 5.92. The summed E-state index contributed by atoms with van der Waals surface area (Å²) in [4.78, 5) is 13.9. The minimum Gasteiger partial charge on any atom is -0.394 e. The van der Waals surface area contributed by atoms with E-state index in [9.17, 15) is 5.11 Å². The fourth-order valence-electron chi connectivity index (χ4n) is 3.19. The largest absolute Gasteiger partial charge is 0.394 e. The molecule has 4 rings (SSSR count). The van der Waals surface area contributed by atoms with E-state index in [1.807, 2.05) is 55.5 Å². The predicted octanol–water partition coefficient (Wildman–Crippen LogP) is 5.23. The number of aliphatic hydroxyl groups excluding tert-OH is 1. The fourth-order valence-corrected chi connectivity index (χ4v) is 4.00. The standard InChI is InChI=1S/C23H25N5OS/c1-14(2)20(13-29)27-23-26-18(16-7-5-4-6-8-16)12-22(28-23)25-17-9-10-21-19(11-17)24-15(3)30-21/h4-12,14,20,29H,13H2,1-3H3,(H2,25,26,27,28)/t20-/m1/s1. The van der Waals surface area contributed by atoms with E-state index in [0.29, 0.717) is 11.8 Å². The van der Waals surface area contributed by atoms with Gasteiger partial charge >= 0.3 is 0 Å². The van der Waals surface area contributed by atoms with Crippen molar-refractivity contribution in [3.63, 3.8) is 0 Å². The molecule has 1 atom stereocenters. The molecular formula is C23H25N5OS. The van der Waals surface area contributed by atoms with Crippen molar-refractivity contribution >= 4 is 39.0 Å². The van der Waals surface area contributed by atoms with Crippen LogP contribution in [0.5, 0.6) is 0 Å². The van der Waals surface area contributed by atoms with Crippen molar-refractivity contribution in [3.05, 3.63) is 59.6 Å². The van der Waals surface area contributed by atoms with Crippen molar-refractivity contribution in [3.8, 4) is 11.3 Å². The van der Waals surface area contributed by atoms with Crippen LogP contribution < -0.4 is 10.6 Å². The SMILES string of the molecule is Cc1nc2cc(Nc3cc(-c4ccccc4)nc(N[C@H](CO)C(C)C)n3)ccc2s1. The number of hydrogen-bond donors (Lipinski definition) is 3. The Morgan fingerprint density at radius 1 is 1.00 bits per heavy atom. The topological polar surface area (TPSA) is 83.0 Å². The number of nitrogens with one attached hydrogen (secondary N) is 2.